The molecule has 1 aromatic heterocycles. The predicted octanol–water partition coefficient (Wildman–Crippen LogP) is -1.92. The van der Waals surface area contributed by atoms with E-state index in [0.29, 0.717) is 18.8 Å². The molecule has 1 rings (SSSR count). The minimum absolute atomic E-state index is 0.212. The van der Waals surface area contributed by atoms with Crippen molar-refractivity contribution in [2.24, 2.45) is 5.73 Å². The van der Waals surface area contributed by atoms with E-state index in [4.69, 9.17) is 17.3 Å². The van der Waals surface area contributed by atoms with Gasteiger partial charge >= 0.3 is 0 Å². The van der Waals surface area contributed by atoms with Gasteiger partial charge in [-0.3, -0.25) is 0 Å². The number of hydrogen-bond acceptors (Lipinski definition) is 5. The van der Waals surface area contributed by atoms with Crippen LogP contribution in [0.1, 0.15) is 5.82 Å². The molecule has 0 aliphatic carbocycles. The Morgan fingerprint density at radius 1 is 1.40 bits per heavy atom. The molecule has 0 aliphatic heterocycles. The maximum absolute atomic E-state index is 5.40. The molecule has 0 spiro atoms. The maximum atomic E-state index is 5.40. The molecular weight excluding hydrogens is 132 g/mol. The highest BCUT2D eigenvalue weighted by Crippen LogP contribution is 1.96. The lowest BCUT2D eigenvalue weighted by molar-refractivity contribution is 0.813. The monoisotopic (exact) mass is 142 g/mol. The van der Waals surface area contributed by atoms with Crippen molar-refractivity contribution in [3.05, 3.63) is 5.82 Å². The molecule has 0 bridgehead atoms. The normalized spacial score (nSPS) is 10.1. The van der Waals surface area contributed by atoms with Crippen LogP contribution in [0.2, 0.25) is 0 Å². The summed E-state index contributed by atoms with van der Waals surface area (Å²) in [4.78, 5) is 0. The van der Waals surface area contributed by atoms with Crippen molar-refractivity contribution in [1.29, 1.82) is 0 Å². The Bertz CT molecular complexity index is 216. The zero-order chi connectivity index (χ0) is 7.56. The molecule has 0 radical (unpaired) electrons. The van der Waals surface area contributed by atoms with E-state index in [1.807, 2.05) is 0 Å². The molecule has 56 valence electrons. The molecule has 0 amide bonds. The van der Waals surface area contributed by atoms with Crippen molar-refractivity contribution in [1.82, 2.24) is 14.9 Å². The average Bonchev–Trinajstić information content (AvgIpc) is 2.20. The van der Waals surface area contributed by atoms with Gasteiger partial charge in [-0.05, 0) is 6.54 Å². The number of nitrogens with zero attached hydrogens (tertiary/aromatic N) is 3. The van der Waals surface area contributed by atoms with E-state index in [0.717, 1.165) is 0 Å². The van der Waals surface area contributed by atoms with Gasteiger partial charge in [-0.15, -0.1) is 10.2 Å². The van der Waals surface area contributed by atoms with E-state index < -0.39 is 0 Å². The molecule has 0 aliphatic rings. The number of hydrogen-bond donors (Lipinski definition) is 3. The highest BCUT2D eigenvalue weighted by atomic mass is 15.4. The number of nitrogen functional groups attached to an aromatic ring is 2. The fourth-order valence-corrected chi connectivity index (χ4v) is 0.637. The Hall–Kier alpha value is -1.30. The molecule has 6 heteroatoms. The first-order valence-corrected chi connectivity index (χ1v) is 2.90. The van der Waals surface area contributed by atoms with Gasteiger partial charge in [-0.2, -0.15) is 0 Å². The Kier molecular flexibility index (Phi) is 1.72. The number of rotatable bonds is 2. The van der Waals surface area contributed by atoms with Crippen LogP contribution in [-0.2, 0) is 6.42 Å². The summed E-state index contributed by atoms with van der Waals surface area (Å²) in [5, 5.41) is 7.23. The van der Waals surface area contributed by atoms with Crippen LogP contribution in [0.3, 0.4) is 0 Å². The van der Waals surface area contributed by atoms with Gasteiger partial charge in [-0.25, -0.2) is 4.68 Å². The zero-order valence-corrected chi connectivity index (χ0v) is 5.49. The van der Waals surface area contributed by atoms with Crippen LogP contribution in [0.25, 0.3) is 0 Å². The van der Waals surface area contributed by atoms with Gasteiger partial charge in [-0.1, -0.05) is 0 Å². The summed E-state index contributed by atoms with van der Waals surface area (Å²) in [6, 6.07) is 0. The summed E-state index contributed by atoms with van der Waals surface area (Å²) in [6.45, 7) is 0.495. The van der Waals surface area contributed by atoms with Gasteiger partial charge < -0.3 is 17.3 Å². The van der Waals surface area contributed by atoms with E-state index in [2.05, 4.69) is 10.2 Å². The van der Waals surface area contributed by atoms with Gasteiger partial charge in [0.05, 0.1) is 0 Å². The second kappa shape index (κ2) is 2.53. The molecule has 0 unspecified atom stereocenters. The fraction of sp³-hybridized carbons (Fsp3) is 0.500. The molecule has 1 heterocycles. The summed E-state index contributed by atoms with van der Waals surface area (Å²) in [7, 11) is 0. The van der Waals surface area contributed by atoms with Gasteiger partial charge in [0, 0.05) is 6.42 Å². The SMILES string of the molecule is NCCc1nnc(N)n1N. The molecule has 6 nitrogen and oxygen atoms in total. The van der Waals surface area contributed by atoms with Crippen LogP contribution in [0.4, 0.5) is 5.95 Å². The summed E-state index contributed by atoms with van der Waals surface area (Å²) in [5.41, 5.74) is 10.6. The van der Waals surface area contributed by atoms with E-state index in [1.54, 1.807) is 0 Å². The maximum Gasteiger partial charge on any atom is 0.240 e. The van der Waals surface area contributed by atoms with Gasteiger partial charge in [0.1, 0.15) is 0 Å². The van der Waals surface area contributed by atoms with Crippen LogP contribution in [0.15, 0.2) is 0 Å². The van der Waals surface area contributed by atoms with Crippen LogP contribution in [0, 0.1) is 0 Å². The average molecular weight is 142 g/mol. The third-order valence-corrected chi connectivity index (χ3v) is 1.16. The van der Waals surface area contributed by atoms with Gasteiger partial charge in [0.25, 0.3) is 0 Å². The van der Waals surface area contributed by atoms with E-state index in [1.165, 1.54) is 4.68 Å². The van der Waals surface area contributed by atoms with Crippen molar-refractivity contribution in [2.75, 3.05) is 18.1 Å². The first kappa shape index (κ1) is 6.81. The van der Waals surface area contributed by atoms with Crippen LogP contribution >= 0.6 is 0 Å². The summed E-state index contributed by atoms with van der Waals surface area (Å²) in [6.07, 6.45) is 0.598. The molecule has 0 aromatic carbocycles. The summed E-state index contributed by atoms with van der Waals surface area (Å²) in [5.74, 6) is 6.22. The molecule has 0 atom stereocenters. The first-order valence-electron chi connectivity index (χ1n) is 2.90. The van der Waals surface area contributed by atoms with Crippen molar-refractivity contribution in [3.63, 3.8) is 0 Å². The lowest BCUT2D eigenvalue weighted by Gasteiger charge is -1.96. The third-order valence-electron chi connectivity index (χ3n) is 1.16. The molecule has 0 saturated carbocycles. The molecular formula is C4H10N6. The van der Waals surface area contributed by atoms with Crippen molar-refractivity contribution in [3.8, 4) is 0 Å². The minimum Gasteiger partial charge on any atom is -0.366 e. The Balaban J connectivity index is 2.83. The first-order chi connectivity index (χ1) is 4.75. The fourth-order valence-electron chi connectivity index (χ4n) is 0.637. The van der Waals surface area contributed by atoms with E-state index in [9.17, 15) is 0 Å². The second-order valence-electron chi connectivity index (χ2n) is 1.88. The van der Waals surface area contributed by atoms with Gasteiger partial charge in [0.2, 0.25) is 5.95 Å². The lowest BCUT2D eigenvalue weighted by Crippen LogP contribution is -2.17. The second-order valence-corrected chi connectivity index (χ2v) is 1.88. The molecule has 1 aromatic rings. The molecule has 10 heavy (non-hydrogen) atoms. The lowest BCUT2D eigenvalue weighted by atomic mass is 10.4. The Morgan fingerprint density at radius 2 is 2.10 bits per heavy atom. The molecule has 6 N–H and O–H groups in total. The topological polar surface area (TPSA) is 109 Å². The number of aromatic nitrogens is 3. The van der Waals surface area contributed by atoms with E-state index >= 15 is 0 Å². The predicted molar refractivity (Wildman–Crippen MR) is 37.3 cm³/mol. The highest BCUT2D eigenvalue weighted by Gasteiger charge is 2.03. The van der Waals surface area contributed by atoms with Crippen molar-refractivity contribution < 1.29 is 0 Å². The Labute approximate surface area is 58.0 Å². The van der Waals surface area contributed by atoms with Crippen molar-refractivity contribution >= 4 is 5.95 Å². The highest BCUT2D eigenvalue weighted by molar-refractivity contribution is 5.16. The molecule has 0 saturated heterocycles. The Morgan fingerprint density at radius 3 is 2.50 bits per heavy atom. The number of nitrogens with two attached hydrogens (primary N) is 3. The van der Waals surface area contributed by atoms with Crippen LogP contribution in [-0.4, -0.2) is 21.4 Å². The largest absolute Gasteiger partial charge is 0.366 e. The quantitative estimate of drug-likeness (QED) is 0.417. The van der Waals surface area contributed by atoms with E-state index in [-0.39, 0.29) is 5.95 Å². The van der Waals surface area contributed by atoms with Crippen LogP contribution < -0.4 is 17.3 Å². The van der Waals surface area contributed by atoms with Crippen LogP contribution in [0.5, 0.6) is 0 Å². The van der Waals surface area contributed by atoms with Gasteiger partial charge in [0.15, 0.2) is 5.82 Å². The number of anilines is 1. The smallest absolute Gasteiger partial charge is 0.240 e. The third kappa shape index (κ3) is 1.01. The summed E-state index contributed by atoms with van der Waals surface area (Å²) >= 11 is 0. The zero-order valence-electron chi connectivity index (χ0n) is 5.49. The minimum atomic E-state index is 0.212. The standard InChI is InChI=1S/C4H10N6/c5-2-1-3-8-9-4(6)10(3)7/h1-2,5,7H2,(H2,6,9). The van der Waals surface area contributed by atoms with Crippen molar-refractivity contribution in [2.45, 2.75) is 6.42 Å². The molecule has 0 fully saturated rings. The summed E-state index contributed by atoms with van der Waals surface area (Å²) < 4.78 is 1.23.